The summed E-state index contributed by atoms with van der Waals surface area (Å²) in [6.45, 7) is 7.44. The molecule has 0 radical (unpaired) electrons. The van der Waals surface area contributed by atoms with Gasteiger partial charge in [-0.05, 0) is 74.3 Å². The molecule has 1 aliphatic carbocycles. The second-order valence-corrected chi connectivity index (χ2v) is 12.9. The van der Waals surface area contributed by atoms with Gasteiger partial charge in [0, 0.05) is 60.7 Å². The molecule has 47 heavy (non-hydrogen) atoms. The molecule has 2 N–H and O–H groups in total. The maximum Gasteiger partial charge on any atom is 0.374 e. The first kappa shape index (κ1) is 30.6. The van der Waals surface area contributed by atoms with E-state index >= 15 is 8.78 Å². The Morgan fingerprint density at radius 2 is 1.77 bits per heavy atom. The lowest BCUT2D eigenvalue weighted by atomic mass is 9.56. The van der Waals surface area contributed by atoms with Crippen molar-refractivity contribution in [2.75, 3.05) is 24.5 Å². The van der Waals surface area contributed by atoms with Gasteiger partial charge in [-0.25, -0.2) is 28.3 Å². The predicted octanol–water partition coefficient (Wildman–Crippen LogP) is 5.78. The van der Waals surface area contributed by atoms with Gasteiger partial charge in [0.25, 0.3) is 0 Å². The van der Waals surface area contributed by atoms with Crippen molar-refractivity contribution in [1.29, 1.82) is 0 Å². The fraction of sp³-hybridized carbons (Fsp3) is 0.353. The molecular weight excluding hydrogens is 610 g/mol. The van der Waals surface area contributed by atoms with Gasteiger partial charge in [0.05, 0.1) is 5.69 Å². The number of anilines is 1. The number of imide groups is 1. The minimum Gasteiger partial charge on any atom is -0.475 e. The number of hydrogen-bond acceptors (Lipinski definition) is 8. The number of carboxylic acids is 1. The Labute approximate surface area is 268 Å². The molecule has 2 aromatic heterocycles. The van der Waals surface area contributed by atoms with Crippen LogP contribution in [0.1, 0.15) is 71.2 Å². The molecule has 7 rings (SSSR count). The molecule has 0 unspecified atom stereocenters. The number of aromatic carboxylic acids is 1. The number of rotatable bonds is 7. The summed E-state index contributed by atoms with van der Waals surface area (Å²) < 4.78 is 35.4. The number of amides is 3. The van der Waals surface area contributed by atoms with E-state index in [-0.39, 0.29) is 65.0 Å². The monoisotopic (exact) mass is 642 g/mol. The summed E-state index contributed by atoms with van der Waals surface area (Å²) in [5, 5.41) is 15.1. The highest BCUT2D eigenvalue weighted by molar-refractivity contribution is 6.05. The summed E-state index contributed by atoms with van der Waals surface area (Å²) in [6, 6.07) is 10.9. The zero-order chi connectivity index (χ0) is 33.2. The maximum absolute atomic E-state index is 15.6. The third kappa shape index (κ3) is 5.43. The molecular formula is C34H32F2N6O5. The molecule has 242 valence electrons. The molecule has 13 heteroatoms. The van der Waals surface area contributed by atoms with Gasteiger partial charge in [0.15, 0.2) is 11.5 Å². The van der Waals surface area contributed by atoms with E-state index in [2.05, 4.69) is 32.3 Å². The second kappa shape index (κ2) is 11.3. The fourth-order valence-corrected chi connectivity index (χ4v) is 7.27. The predicted molar refractivity (Wildman–Crippen MR) is 166 cm³/mol. The quantitative estimate of drug-likeness (QED) is 0.257. The van der Waals surface area contributed by atoms with Gasteiger partial charge in [-0.2, -0.15) is 0 Å². The Bertz CT molecular complexity index is 1920. The van der Waals surface area contributed by atoms with Crippen molar-refractivity contribution in [2.45, 2.75) is 52.0 Å². The average Bonchev–Trinajstić information content (AvgIpc) is 3.48. The van der Waals surface area contributed by atoms with Gasteiger partial charge in [-0.1, -0.05) is 23.4 Å². The number of hydrogen-bond donors (Lipinski definition) is 2. The Morgan fingerprint density at radius 3 is 2.38 bits per heavy atom. The van der Waals surface area contributed by atoms with Crippen molar-refractivity contribution < 1.29 is 32.8 Å². The van der Waals surface area contributed by atoms with E-state index in [1.165, 1.54) is 17.0 Å². The SMILES string of the molecule is Cc1nc(-c2cc(C(=O)O)on2)nc(C)c1-c1ccc([C@@H](C)N2CC3(CC(c4ccc(N5CCC(=O)NC5=O)c(F)c4)C3)C2)cc1F. The third-order valence-electron chi connectivity index (χ3n) is 9.74. The molecule has 2 saturated heterocycles. The number of carbonyl (C=O) groups excluding carboxylic acids is 2. The minimum atomic E-state index is -1.25. The van der Waals surface area contributed by atoms with Crippen molar-refractivity contribution >= 4 is 23.6 Å². The molecule has 1 spiro atoms. The number of benzene rings is 2. The van der Waals surface area contributed by atoms with E-state index in [1.54, 1.807) is 32.0 Å². The molecule has 3 aliphatic rings. The molecule has 3 amide bonds. The third-order valence-corrected chi connectivity index (χ3v) is 9.74. The number of urea groups is 1. The van der Waals surface area contributed by atoms with Gasteiger partial charge in [-0.15, -0.1) is 0 Å². The maximum atomic E-state index is 15.6. The summed E-state index contributed by atoms with van der Waals surface area (Å²) >= 11 is 0. The van der Waals surface area contributed by atoms with Crippen molar-refractivity contribution in [3.8, 4) is 22.6 Å². The number of aryl methyl sites for hydroxylation is 2. The fourth-order valence-electron chi connectivity index (χ4n) is 7.27. The smallest absolute Gasteiger partial charge is 0.374 e. The van der Waals surface area contributed by atoms with Gasteiger partial charge in [0.2, 0.25) is 11.7 Å². The van der Waals surface area contributed by atoms with Crippen LogP contribution in [-0.4, -0.2) is 62.7 Å². The van der Waals surface area contributed by atoms with Crippen LogP contribution in [0.5, 0.6) is 0 Å². The lowest BCUT2D eigenvalue weighted by molar-refractivity contribution is -0.120. The van der Waals surface area contributed by atoms with E-state index in [0.717, 1.165) is 37.1 Å². The highest BCUT2D eigenvalue weighted by Gasteiger charge is 2.53. The first-order valence-electron chi connectivity index (χ1n) is 15.4. The van der Waals surface area contributed by atoms with Gasteiger partial charge in [0.1, 0.15) is 11.6 Å². The molecule has 11 nitrogen and oxygen atoms in total. The van der Waals surface area contributed by atoms with Crippen molar-refractivity contribution in [1.82, 2.24) is 25.3 Å². The number of likely N-dealkylation sites (tertiary alicyclic amines) is 1. The zero-order valence-corrected chi connectivity index (χ0v) is 26.0. The van der Waals surface area contributed by atoms with Crippen LogP contribution in [0.15, 0.2) is 47.0 Å². The van der Waals surface area contributed by atoms with Crippen LogP contribution in [0.2, 0.25) is 0 Å². The molecule has 2 aromatic carbocycles. The van der Waals surface area contributed by atoms with E-state index in [9.17, 15) is 14.4 Å². The van der Waals surface area contributed by atoms with Crippen LogP contribution in [0, 0.1) is 30.9 Å². The van der Waals surface area contributed by atoms with E-state index in [4.69, 9.17) is 9.63 Å². The van der Waals surface area contributed by atoms with E-state index in [0.29, 0.717) is 22.5 Å². The van der Waals surface area contributed by atoms with Crippen molar-refractivity contribution in [2.24, 2.45) is 5.41 Å². The first-order valence-corrected chi connectivity index (χ1v) is 15.4. The van der Waals surface area contributed by atoms with Crippen LogP contribution in [-0.2, 0) is 4.79 Å². The molecule has 4 heterocycles. The molecule has 1 atom stereocenters. The van der Waals surface area contributed by atoms with Gasteiger partial charge in [-0.3, -0.25) is 19.9 Å². The van der Waals surface area contributed by atoms with Crippen LogP contribution in [0.25, 0.3) is 22.6 Å². The summed E-state index contributed by atoms with van der Waals surface area (Å²) in [6.07, 6.45) is 2.00. The number of carboxylic acid groups (broad SMARTS) is 1. The largest absolute Gasteiger partial charge is 0.475 e. The average molecular weight is 643 g/mol. The normalized spacial score (nSPS) is 18.5. The molecule has 3 fully saturated rings. The van der Waals surface area contributed by atoms with Crippen molar-refractivity contribution in [3.63, 3.8) is 0 Å². The first-order chi connectivity index (χ1) is 22.4. The molecule has 1 saturated carbocycles. The Kier molecular flexibility index (Phi) is 7.38. The summed E-state index contributed by atoms with van der Waals surface area (Å²) in [5.41, 5.74) is 4.27. The number of aromatic nitrogens is 3. The van der Waals surface area contributed by atoms with Gasteiger partial charge >= 0.3 is 12.0 Å². The summed E-state index contributed by atoms with van der Waals surface area (Å²) in [7, 11) is 0. The zero-order valence-electron chi connectivity index (χ0n) is 26.0. The van der Waals surface area contributed by atoms with E-state index in [1.807, 2.05) is 12.1 Å². The topological polar surface area (TPSA) is 142 Å². The number of nitrogens with zero attached hydrogens (tertiary/aromatic N) is 5. The number of carbonyl (C=O) groups is 3. The second-order valence-electron chi connectivity index (χ2n) is 12.9. The molecule has 0 bridgehead atoms. The molecule has 4 aromatic rings. The van der Waals surface area contributed by atoms with Crippen LogP contribution in [0.4, 0.5) is 19.3 Å². The Morgan fingerprint density at radius 1 is 1.04 bits per heavy atom. The highest BCUT2D eigenvalue weighted by Crippen LogP contribution is 2.57. The standard InChI is InChI=1S/C34H32F2N6O5/c1-17-30(18(2)38-31(37-17)26-12-28(32(44)45)47-40-26)23-6-4-20(10-24(23)35)19(3)41-15-34(16-41)13-22(14-34)21-5-7-27(25(36)11-21)42-9-8-29(43)39-33(42)46/h4-7,10-12,19,22H,8-9,13-16H2,1-3H3,(H,44,45)(H,39,43,46)/t19-/m1/s1. The van der Waals surface area contributed by atoms with Crippen LogP contribution < -0.4 is 10.2 Å². The van der Waals surface area contributed by atoms with E-state index < -0.39 is 17.8 Å². The number of halogens is 2. The van der Waals surface area contributed by atoms with Gasteiger partial charge < -0.3 is 9.63 Å². The highest BCUT2D eigenvalue weighted by atomic mass is 19.1. The number of nitrogens with one attached hydrogen (secondary N) is 1. The lowest BCUT2D eigenvalue weighted by Gasteiger charge is -2.61. The Balaban J connectivity index is 0.985. The Hall–Kier alpha value is -5.04. The minimum absolute atomic E-state index is 0.000981. The van der Waals surface area contributed by atoms with Crippen molar-refractivity contribution in [3.05, 3.63) is 82.4 Å². The van der Waals surface area contributed by atoms with Crippen LogP contribution in [0.3, 0.4) is 0 Å². The lowest BCUT2D eigenvalue weighted by Crippen LogP contribution is -2.61. The summed E-state index contributed by atoms with van der Waals surface area (Å²) in [4.78, 5) is 47.2. The van der Waals surface area contributed by atoms with Crippen LogP contribution >= 0.6 is 0 Å². The molecule has 2 aliphatic heterocycles. The summed E-state index contributed by atoms with van der Waals surface area (Å²) in [5.74, 6) is -2.36.